The Morgan fingerprint density at radius 2 is 2.12 bits per heavy atom. The summed E-state index contributed by atoms with van der Waals surface area (Å²) in [5.74, 6) is 1.26. The third-order valence-corrected chi connectivity index (χ3v) is 3.21. The Morgan fingerprint density at radius 3 is 2.82 bits per heavy atom. The van der Waals surface area contributed by atoms with Crippen LogP contribution < -0.4 is 5.56 Å². The van der Waals surface area contributed by atoms with Crippen molar-refractivity contribution in [2.45, 2.75) is 33.1 Å². The van der Waals surface area contributed by atoms with Crippen molar-refractivity contribution >= 4 is 0 Å². The lowest BCUT2D eigenvalue weighted by Gasteiger charge is -2.02. The predicted molar refractivity (Wildman–Crippen MR) is 61.9 cm³/mol. The molecule has 3 rings (SSSR count). The number of rotatable bonds is 1. The van der Waals surface area contributed by atoms with Crippen LogP contribution in [0.15, 0.2) is 9.32 Å². The van der Waals surface area contributed by atoms with Gasteiger partial charge in [0.05, 0.1) is 17.0 Å². The van der Waals surface area contributed by atoms with Crippen LogP contribution in [0.3, 0.4) is 0 Å². The molecule has 1 N–H and O–H groups in total. The lowest BCUT2D eigenvalue weighted by atomic mass is 10.2. The number of nitrogens with one attached hydrogen (secondary N) is 1. The number of aromatic nitrogens is 3. The van der Waals surface area contributed by atoms with Crippen molar-refractivity contribution in [3.63, 3.8) is 0 Å². The van der Waals surface area contributed by atoms with Crippen LogP contribution >= 0.6 is 0 Å². The van der Waals surface area contributed by atoms with Gasteiger partial charge in [-0.1, -0.05) is 5.16 Å². The molecule has 0 atom stereocenters. The molecule has 5 heteroatoms. The molecule has 0 aromatic carbocycles. The van der Waals surface area contributed by atoms with Crippen LogP contribution in [-0.4, -0.2) is 15.1 Å². The van der Waals surface area contributed by atoms with Crippen molar-refractivity contribution in [1.82, 2.24) is 15.1 Å². The first-order valence-corrected chi connectivity index (χ1v) is 5.72. The van der Waals surface area contributed by atoms with Crippen molar-refractivity contribution in [2.24, 2.45) is 0 Å². The van der Waals surface area contributed by atoms with Crippen LogP contribution in [0.25, 0.3) is 11.4 Å². The van der Waals surface area contributed by atoms with Gasteiger partial charge in [-0.15, -0.1) is 0 Å². The Balaban J connectivity index is 2.24. The van der Waals surface area contributed by atoms with Crippen LogP contribution in [0.5, 0.6) is 0 Å². The highest BCUT2D eigenvalue weighted by atomic mass is 16.5. The molecule has 17 heavy (non-hydrogen) atoms. The summed E-state index contributed by atoms with van der Waals surface area (Å²) in [5.41, 5.74) is 3.28. The Bertz CT molecular complexity index is 620. The van der Waals surface area contributed by atoms with Gasteiger partial charge in [-0.25, -0.2) is 4.98 Å². The number of H-pyrrole nitrogens is 1. The third-order valence-electron chi connectivity index (χ3n) is 3.21. The maximum atomic E-state index is 11.9. The molecule has 0 spiro atoms. The highest BCUT2D eigenvalue weighted by molar-refractivity contribution is 5.60. The SMILES string of the molecule is Cc1noc(C)c1-c1nc2c(c(=O)[nH]1)CCC2. The number of hydrogen-bond acceptors (Lipinski definition) is 4. The molecule has 1 aliphatic rings. The fraction of sp³-hybridized carbons (Fsp3) is 0.417. The van der Waals surface area contributed by atoms with Gasteiger partial charge in [0.15, 0.2) is 0 Å². The van der Waals surface area contributed by atoms with Crippen molar-refractivity contribution in [1.29, 1.82) is 0 Å². The second-order valence-electron chi connectivity index (χ2n) is 4.39. The largest absolute Gasteiger partial charge is 0.361 e. The molecule has 88 valence electrons. The lowest BCUT2D eigenvalue weighted by molar-refractivity contribution is 0.393. The molecule has 0 unspecified atom stereocenters. The summed E-state index contributed by atoms with van der Waals surface area (Å²) in [6.45, 7) is 3.67. The van der Waals surface area contributed by atoms with E-state index >= 15 is 0 Å². The van der Waals surface area contributed by atoms with Gasteiger partial charge in [0.25, 0.3) is 5.56 Å². The van der Waals surface area contributed by atoms with Gasteiger partial charge in [0, 0.05) is 5.56 Å². The maximum Gasteiger partial charge on any atom is 0.254 e. The Morgan fingerprint density at radius 1 is 1.29 bits per heavy atom. The van der Waals surface area contributed by atoms with E-state index in [4.69, 9.17) is 4.52 Å². The first-order chi connectivity index (χ1) is 8.16. The van der Waals surface area contributed by atoms with Crippen LogP contribution in [0.2, 0.25) is 0 Å². The molecule has 0 aliphatic heterocycles. The van der Waals surface area contributed by atoms with Crippen LogP contribution in [0, 0.1) is 13.8 Å². The summed E-state index contributed by atoms with van der Waals surface area (Å²) < 4.78 is 5.10. The molecule has 2 aromatic heterocycles. The normalized spacial score (nSPS) is 14.0. The van der Waals surface area contributed by atoms with E-state index in [1.165, 1.54) is 0 Å². The predicted octanol–water partition coefficient (Wildman–Crippen LogP) is 1.53. The third kappa shape index (κ3) is 1.50. The standard InChI is InChI=1S/C12H13N3O2/c1-6-10(7(2)17-15-6)11-13-9-5-3-4-8(9)12(16)14-11/h3-5H2,1-2H3,(H,13,14,16). The summed E-state index contributed by atoms with van der Waals surface area (Å²) in [7, 11) is 0. The highest BCUT2D eigenvalue weighted by Crippen LogP contribution is 2.25. The quantitative estimate of drug-likeness (QED) is 0.807. The molecule has 0 saturated carbocycles. The minimum atomic E-state index is -0.0255. The topological polar surface area (TPSA) is 71.8 Å². The average Bonchev–Trinajstić information content (AvgIpc) is 2.86. The molecule has 2 heterocycles. The van der Waals surface area contributed by atoms with E-state index in [0.717, 1.165) is 41.8 Å². The van der Waals surface area contributed by atoms with Gasteiger partial charge in [-0.3, -0.25) is 4.79 Å². The second-order valence-corrected chi connectivity index (χ2v) is 4.39. The summed E-state index contributed by atoms with van der Waals surface area (Å²) in [4.78, 5) is 19.3. The Labute approximate surface area is 97.9 Å². The van der Waals surface area contributed by atoms with E-state index in [1.807, 2.05) is 13.8 Å². The Hall–Kier alpha value is -1.91. The first-order valence-electron chi connectivity index (χ1n) is 5.72. The van der Waals surface area contributed by atoms with Gasteiger partial charge < -0.3 is 9.51 Å². The van der Waals surface area contributed by atoms with E-state index in [2.05, 4.69) is 15.1 Å². The van der Waals surface area contributed by atoms with Gasteiger partial charge in [-0.2, -0.15) is 0 Å². The molecule has 0 saturated heterocycles. The zero-order chi connectivity index (χ0) is 12.0. The van der Waals surface area contributed by atoms with Crippen LogP contribution in [0.1, 0.15) is 29.1 Å². The molecule has 1 aliphatic carbocycles. The molecular formula is C12H13N3O2. The number of aromatic amines is 1. The molecule has 0 bridgehead atoms. The molecule has 0 amide bonds. The van der Waals surface area contributed by atoms with Crippen molar-refractivity contribution < 1.29 is 4.52 Å². The molecular weight excluding hydrogens is 218 g/mol. The Kier molecular flexibility index (Phi) is 2.14. The average molecular weight is 231 g/mol. The van der Waals surface area contributed by atoms with E-state index in [-0.39, 0.29) is 5.56 Å². The minimum Gasteiger partial charge on any atom is -0.361 e. The number of aryl methyl sites for hydroxylation is 3. The van der Waals surface area contributed by atoms with Crippen molar-refractivity contribution in [3.05, 3.63) is 33.1 Å². The number of fused-ring (bicyclic) bond motifs is 1. The number of hydrogen-bond donors (Lipinski definition) is 1. The van der Waals surface area contributed by atoms with E-state index in [1.54, 1.807) is 0 Å². The molecule has 0 radical (unpaired) electrons. The highest BCUT2D eigenvalue weighted by Gasteiger charge is 2.20. The lowest BCUT2D eigenvalue weighted by Crippen LogP contribution is -2.15. The van der Waals surface area contributed by atoms with Crippen LogP contribution in [-0.2, 0) is 12.8 Å². The zero-order valence-electron chi connectivity index (χ0n) is 9.83. The first kappa shape index (κ1) is 10.3. The summed E-state index contributed by atoms with van der Waals surface area (Å²) in [6.07, 6.45) is 2.73. The smallest absolute Gasteiger partial charge is 0.254 e. The molecule has 0 fully saturated rings. The maximum absolute atomic E-state index is 11.9. The fourth-order valence-electron chi connectivity index (χ4n) is 2.38. The minimum absolute atomic E-state index is 0.0255. The van der Waals surface area contributed by atoms with Crippen LogP contribution in [0.4, 0.5) is 0 Å². The monoisotopic (exact) mass is 231 g/mol. The van der Waals surface area contributed by atoms with Gasteiger partial charge >= 0.3 is 0 Å². The van der Waals surface area contributed by atoms with Crippen molar-refractivity contribution in [2.75, 3.05) is 0 Å². The fourth-order valence-corrected chi connectivity index (χ4v) is 2.38. The van der Waals surface area contributed by atoms with E-state index in [9.17, 15) is 4.79 Å². The van der Waals surface area contributed by atoms with Gasteiger partial charge in [0.1, 0.15) is 11.6 Å². The van der Waals surface area contributed by atoms with E-state index in [0.29, 0.717) is 11.6 Å². The van der Waals surface area contributed by atoms with Gasteiger partial charge in [-0.05, 0) is 33.1 Å². The number of nitrogens with zero attached hydrogens (tertiary/aromatic N) is 2. The molecule has 2 aromatic rings. The summed E-state index contributed by atoms with van der Waals surface area (Å²) in [6, 6.07) is 0. The van der Waals surface area contributed by atoms with E-state index < -0.39 is 0 Å². The van der Waals surface area contributed by atoms with Gasteiger partial charge in [0.2, 0.25) is 0 Å². The van der Waals surface area contributed by atoms with Crippen molar-refractivity contribution in [3.8, 4) is 11.4 Å². The molecule has 5 nitrogen and oxygen atoms in total. The second kappa shape index (κ2) is 3.55. The zero-order valence-corrected chi connectivity index (χ0v) is 9.83. The summed E-state index contributed by atoms with van der Waals surface area (Å²) in [5, 5.41) is 3.88. The summed E-state index contributed by atoms with van der Waals surface area (Å²) >= 11 is 0.